The number of hydrogen-bond donors (Lipinski definition) is 1. The van der Waals surface area contributed by atoms with Crippen LogP contribution in [0.3, 0.4) is 0 Å². The van der Waals surface area contributed by atoms with Gasteiger partial charge in [0, 0.05) is 17.7 Å². The van der Waals surface area contributed by atoms with Gasteiger partial charge in [-0.05, 0) is 11.1 Å². The van der Waals surface area contributed by atoms with E-state index in [-0.39, 0.29) is 12.5 Å². The molecule has 4 heteroatoms. The average Bonchev–Trinajstić information content (AvgIpc) is 2.46. The maximum absolute atomic E-state index is 10.8. The Morgan fingerprint density at radius 2 is 1.45 bits per heavy atom. The largest absolute Gasteiger partial charge is 0.364 e. The predicted molar refractivity (Wildman–Crippen MR) is 76.6 cm³/mol. The van der Waals surface area contributed by atoms with Crippen molar-refractivity contribution in [1.29, 1.82) is 0 Å². The lowest BCUT2D eigenvalue weighted by molar-refractivity contribution is -0.684. The van der Waals surface area contributed by atoms with Gasteiger partial charge in [0.2, 0.25) is 6.54 Å². The van der Waals surface area contributed by atoms with Crippen LogP contribution in [0.15, 0.2) is 48.8 Å². The van der Waals surface area contributed by atoms with Gasteiger partial charge in [-0.25, -0.2) is 0 Å². The van der Waals surface area contributed by atoms with Gasteiger partial charge in [-0.15, -0.1) is 0 Å². The summed E-state index contributed by atoms with van der Waals surface area (Å²) in [7, 11) is 0. The number of benzene rings is 1. The molecule has 0 aliphatic carbocycles. The molecule has 0 radical (unpaired) electrons. The lowest BCUT2D eigenvalue weighted by Crippen LogP contribution is -2.39. The third-order valence-corrected chi connectivity index (χ3v) is 2.80. The van der Waals surface area contributed by atoms with Gasteiger partial charge in [0.15, 0.2) is 12.4 Å². The molecule has 0 saturated heterocycles. The highest BCUT2D eigenvalue weighted by atomic mass is 16.1. The molecule has 1 aromatic carbocycles. The number of primary amides is 1. The fraction of sp³-hybridized carbons (Fsp3) is 0.0625. The van der Waals surface area contributed by atoms with Crippen LogP contribution < -0.4 is 10.3 Å². The van der Waals surface area contributed by atoms with Gasteiger partial charge in [0.25, 0.3) is 5.91 Å². The molecule has 4 nitrogen and oxygen atoms in total. The van der Waals surface area contributed by atoms with Crippen molar-refractivity contribution in [3.63, 3.8) is 0 Å². The Morgan fingerprint density at radius 1 is 0.950 bits per heavy atom. The van der Waals surface area contributed by atoms with Crippen molar-refractivity contribution in [3.8, 4) is 0 Å². The van der Waals surface area contributed by atoms with E-state index in [0.717, 1.165) is 17.4 Å². The molecule has 100 valence electrons. The van der Waals surface area contributed by atoms with Crippen LogP contribution in [-0.2, 0) is 11.3 Å². The molecule has 2 aromatic rings. The van der Waals surface area contributed by atoms with E-state index < -0.39 is 0 Å². The SMILES string of the molecule is NC(=O)C[n+]1ccc(/C=C/c2ccc(C=O)cc2)cc1. The highest BCUT2D eigenvalue weighted by molar-refractivity contribution is 5.76. The van der Waals surface area contributed by atoms with E-state index >= 15 is 0 Å². The molecule has 0 aliphatic rings. The lowest BCUT2D eigenvalue weighted by atomic mass is 10.1. The first kappa shape index (κ1) is 13.7. The second kappa shape index (κ2) is 6.43. The zero-order chi connectivity index (χ0) is 14.4. The van der Waals surface area contributed by atoms with Crippen LogP contribution in [0.4, 0.5) is 0 Å². The van der Waals surface area contributed by atoms with E-state index in [2.05, 4.69) is 0 Å². The molecule has 0 fully saturated rings. The van der Waals surface area contributed by atoms with Crippen molar-refractivity contribution < 1.29 is 14.2 Å². The molecular formula is C16H15N2O2+. The maximum atomic E-state index is 10.8. The summed E-state index contributed by atoms with van der Waals surface area (Å²) in [4.78, 5) is 21.3. The van der Waals surface area contributed by atoms with Gasteiger partial charge in [-0.2, -0.15) is 4.57 Å². The number of aldehydes is 1. The average molecular weight is 267 g/mol. The second-order valence-electron chi connectivity index (χ2n) is 4.39. The number of hydrogen-bond acceptors (Lipinski definition) is 2. The minimum Gasteiger partial charge on any atom is -0.364 e. The van der Waals surface area contributed by atoms with Crippen LogP contribution in [0.25, 0.3) is 12.2 Å². The Labute approximate surface area is 117 Å². The predicted octanol–water partition coefficient (Wildman–Crippen LogP) is 1.44. The highest BCUT2D eigenvalue weighted by Crippen LogP contribution is 2.08. The van der Waals surface area contributed by atoms with E-state index in [0.29, 0.717) is 5.56 Å². The van der Waals surface area contributed by atoms with Crippen molar-refractivity contribution in [3.05, 3.63) is 65.5 Å². The minimum absolute atomic E-state index is 0.178. The van der Waals surface area contributed by atoms with Crippen LogP contribution in [0.1, 0.15) is 21.5 Å². The first-order valence-electron chi connectivity index (χ1n) is 6.18. The summed E-state index contributed by atoms with van der Waals surface area (Å²) in [5.41, 5.74) is 7.82. The number of rotatable bonds is 5. The Bertz CT molecular complexity index is 629. The van der Waals surface area contributed by atoms with Crippen LogP contribution in [0, 0.1) is 0 Å². The highest BCUT2D eigenvalue weighted by Gasteiger charge is 2.03. The Hall–Kier alpha value is -2.75. The van der Waals surface area contributed by atoms with Gasteiger partial charge in [0.1, 0.15) is 6.29 Å². The van der Waals surface area contributed by atoms with Gasteiger partial charge in [0.05, 0.1) is 0 Å². The maximum Gasteiger partial charge on any atom is 0.283 e. The minimum atomic E-state index is -0.367. The Balaban J connectivity index is 2.06. The van der Waals surface area contributed by atoms with E-state index in [4.69, 9.17) is 5.73 Å². The summed E-state index contributed by atoms with van der Waals surface area (Å²) < 4.78 is 1.72. The van der Waals surface area contributed by atoms with Crippen molar-refractivity contribution in [2.24, 2.45) is 5.73 Å². The number of nitrogens with zero attached hydrogens (tertiary/aromatic N) is 1. The van der Waals surface area contributed by atoms with Crippen LogP contribution >= 0.6 is 0 Å². The van der Waals surface area contributed by atoms with Crippen LogP contribution in [0.5, 0.6) is 0 Å². The number of nitrogens with two attached hydrogens (primary N) is 1. The first-order chi connectivity index (χ1) is 9.67. The zero-order valence-corrected chi connectivity index (χ0v) is 10.9. The molecular weight excluding hydrogens is 252 g/mol. The summed E-state index contributed by atoms with van der Waals surface area (Å²) in [6.07, 6.45) is 8.36. The summed E-state index contributed by atoms with van der Waals surface area (Å²) >= 11 is 0. The van der Waals surface area contributed by atoms with Gasteiger partial charge in [-0.3, -0.25) is 9.59 Å². The monoisotopic (exact) mass is 267 g/mol. The molecule has 1 aromatic heterocycles. The number of carbonyl (C=O) groups is 2. The summed E-state index contributed by atoms with van der Waals surface area (Å²) in [6.45, 7) is 0.178. The molecule has 0 spiro atoms. The Morgan fingerprint density at radius 3 is 1.95 bits per heavy atom. The molecule has 0 atom stereocenters. The normalized spacial score (nSPS) is 10.6. The van der Waals surface area contributed by atoms with Crippen molar-refractivity contribution in [1.82, 2.24) is 0 Å². The topological polar surface area (TPSA) is 64.0 Å². The molecule has 1 heterocycles. The number of amides is 1. The molecule has 2 rings (SSSR count). The second-order valence-corrected chi connectivity index (χ2v) is 4.39. The van der Waals surface area contributed by atoms with Crippen molar-refractivity contribution in [2.45, 2.75) is 6.54 Å². The molecule has 0 bridgehead atoms. The fourth-order valence-electron chi connectivity index (χ4n) is 1.74. The van der Waals surface area contributed by atoms with Crippen LogP contribution in [-0.4, -0.2) is 12.2 Å². The van der Waals surface area contributed by atoms with Gasteiger partial charge >= 0.3 is 0 Å². The van der Waals surface area contributed by atoms with Crippen molar-refractivity contribution >= 4 is 24.3 Å². The lowest BCUT2D eigenvalue weighted by Gasteiger charge is -1.96. The molecule has 0 saturated carbocycles. The standard InChI is InChI=1S/C16H14N2O2/c17-16(20)11-18-9-7-14(8-10-18)2-1-13-3-5-15(12-19)6-4-13/h1-10,12H,11H2,(H-,17,20)/p+1/b2-1+. The summed E-state index contributed by atoms with van der Waals surface area (Å²) in [6, 6.07) is 11.1. The van der Waals surface area contributed by atoms with E-state index in [1.54, 1.807) is 29.1 Å². The van der Waals surface area contributed by atoms with E-state index in [1.807, 2.05) is 36.4 Å². The van der Waals surface area contributed by atoms with Crippen LogP contribution in [0.2, 0.25) is 0 Å². The number of carbonyl (C=O) groups excluding carboxylic acids is 2. The third-order valence-electron chi connectivity index (χ3n) is 2.80. The van der Waals surface area contributed by atoms with E-state index in [9.17, 15) is 9.59 Å². The molecule has 0 aliphatic heterocycles. The first-order valence-corrected chi connectivity index (χ1v) is 6.18. The Kier molecular flexibility index (Phi) is 4.39. The van der Waals surface area contributed by atoms with Gasteiger partial charge < -0.3 is 5.73 Å². The van der Waals surface area contributed by atoms with Crippen molar-refractivity contribution in [2.75, 3.05) is 0 Å². The smallest absolute Gasteiger partial charge is 0.283 e. The summed E-state index contributed by atoms with van der Waals surface area (Å²) in [5, 5.41) is 0. The zero-order valence-electron chi connectivity index (χ0n) is 10.9. The molecule has 2 N–H and O–H groups in total. The third kappa shape index (κ3) is 3.88. The molecule has 0 unspecified atom stereocenters. The molecule has 20 heavy (non-hydrogen) atoms. The van der Waals surface area contributed by atoms with E-state index in [1.165, 1.54) is 0 Å². The number of aromatic nitrogens is 1. The molecule has 1 amide bonds. The fourth-order valence-corrected chi connectivity index (χ4v) is 1.74. The van der Waals surface area contributed by atoms with Gasteiger partial charge in [-0.1, -0.05) is 36.4 Å². The number of pyridine rings is 1. The quantitative estimate of drug-likeness (QED) is 0.658. The summed E-state index contributed by atoms with van der Waals surface area (Å²) in [5.74, 6) is -0.367.